The van der Waals surface area contributed by atoms with Crippen molar-refractivity contribution in [1.29, 1.82) is 0 Å². The number of hydrogen-bond donors (Lipinski definition) is 0. The maximum Gasteiger partial charge on any atom is 0.164 e. The Balaban J connectivity index is 3.14. The Morgan fingerprint density at radius 1 is 1.15 bits per heavy atom. The Bertz CT molecular complexity index is 547. The molecule has 5 heteroatoms. The lowest BCUT2D eigenvalue weighted by Gasteiger charge is -2.35. The Morgan fingerprint density at radius 3 is 2.10 bits per heavy atom. The van der Waals surface area contributed by atoms with E-state index in [4.69, 9.17) is 0 Å². The van der Waals surface area contributed by atoms with Crippen molar-refractivity contribution in [1.82, 2.24) is 0 Å². The molecule has 0 aliphatic carbocycles. The largest absolute Gasteiger partial charge is 0.549 e. The van der Waals surface area contributed by atoms with Crippen LogP contribution < -0.4 is 10.2 Å². The number of carboxylic acid groups (broad SMARTS) is 2. The van der Waals surface area contributed by atoms with Gasteiger partial charge in [0, 0.05) is 17.4 Å². The van der Waals surface area contributed by atoms with Gasteiger partial charge in [0.25, 0.3) is 0 Å². The number of Topliss-reactive ketones (excluding diaryl/α,β-unsaturated/α-hetero) is 1. The van der Waals surface area contributed by atoms with Crippen LogP contribution in [0.3, 0.4) is 0 Å². The molecule has 0 aliphatic heterocycles. The minimum atomic E-state index is -1.95. The van der Waals surface area contributed by atoms with E-state index >= 15 is 0 Å². The summed E-state index contributed by atoms with van der Waals surface area (Å²) in [5.41, 5.74) is -2.30. The summed E-state index contributed by atoms with van der Waals surface area (Å²) in [4.78, 5) is 34.4. The molecule has 1 rings (SSSR count). The smallest absolute Gasteiger partial charge is 0.164 e. The van der Waals surface area contributed by atoms with Crippen LogP contribution in [0.2, 0.25) is 0 Å². The van der Waals surface area contributed by atoms with Crippen molar-refractivity contribution in [2.75, 3.05) is 0 Å². The van der Waals surface area contributed by atoms with Gasteiger partial charge in [-0.25, -0.2) is 0 Å². The van der Waals surface area contributed by atoms with Gasteiger partial charge < -0.3 is 19.8 Å². The van der Waals surface area contributed by atoms with Crippen molar-refractivity contribution in [3.05, 3.63) is 48.0 Å². The monoisotopic (exact) mass is 274 g/mol. The first-order valence-corrected chi connectivity index (χ1v) is 6.05. The summed E-state index contributed by atoms with van der Waals surface area (Å²) < 4.78 is 0. The molecule has 1 aromatic carbocycles. The first-order valence-electron chi connectivity index (χ1n) is 6.05. The molecule has 20 heavy (non-hydrogen) atoms. The molecular formula is C15H14O5-2. The molecule has 1 unspecified atom stereocenters. The van der Waals surface area contributed by atoms with Crippen molar-refractivity contribution >= 4 is 17.7 Å². The highest BCUT2D eigenvalue weighted by atomic mass is 16.4. The lowest BCUT2D eigenvalue weighted by molar-refractivity contribution is -0.321. The van der Waals surface area contributed by atoms with E-state index in [1.165, 1.54) is 19.1 Å². The minimum Gasteiger partial charge on any atom is -0.549 e. The summed E-state index contributed by atoms with van der Waals surface area (Å²) in [6.45, 7) is 4.69. The van der Waals surface area contributed by atoms with Gasteiger partial charge in [0.2, 0.25) is 0 Å². The Labute approximate surface area is 116 Å². The van der Waals surface area contributed by atoms with Gasteiger partial charge >= 0.3 is 0 Å². The quantitative estimate of drug-likeness (QED) is 0.503. The number of benzene rings is 1. The van der Waals surface area contributed by atoms with Crippen LogP contribution in [0.1, 0.15) is 30.1 Å². The molecule has 0 radical (unpaired) electrons. The number of carbonyl (C=O) groups is 3. The fourth-order valence-electron chi connectivity index (χ4n) is 1.98. The Morgan fingerprint density at radius 2 is 1.70 bits per heavy atom. The molecule has 0 N–H and O–H groups in total. The molecule has 0 aromatic heterocycles. The average Bonchev–Trinajstić information content (AvgIpc) is 2.44. The van der Waals surface area contributed by atoms with Crippen LogP contribution in [0.4, 0.5) is 0 Å². The van der Waals surface area contributed by atoms with Crippen molar-refractivity contribution in [2.45, 2.75) is 19.8 Å². The topological polar surface area (TPSA) is 97.3 Å². The van der Waals surface area contributed by atoms with Gasteiger partial charge in [-0.15, -0.1) is 0 Å². The van der Waals surface area contributed by atoms with Crippen LogP contribution in [-0.2, 0) is 9.59 Å². The Hall–Kier alpha value is -2.43. The zero-order chi connectivity index (χ0) is 15.3. The molecule has 0 fully saturated rings. The van der Waals surface area contributed by atoms with E-state index in [2.05, 4.69) is 6.58 Å². The van der Waals surface area contributed by atoms with Gasteiger partial charge in [-0.05, 0) is 12.0 Å². The second kappa shape index (κ2) is 6.14. The number of rotatable bonds is 7. The van der Waals surface area contributed by atoms with Gasteiger partial charge in [-0.3, -0.25) is 4.79 Å². The van der Waals surface area contributed by atoms with E-state index in [-0.39, 0.29) is 6.42 Å². The molecule has 5 nitrogen and oxygen atoms in total. The normalized spacial score (nSPS) is 13.2. The van der Waals surface area contributed by atoms with E-state index in [1.54, 1.807) is 18.2 Å². The number of carboxylic acids is 2. The molecule has 1 aromatic rings. The molecule has 0 aliphatic rings. The maximum absolute atomic E-state index is 12.1. The maximum atomic E-state index is 12.1. The summed E-state index contributed by atoms with van der Waals surface area (Å²) in [7, 11) is 0. The summed E-state index contributed by atoms with van der Waals surface area (Å²) in [6, 6.07) is 8.03. The summed E-state index contributed by atoms with van der Waals surface area (Å²) in [5, 5.41) is 22.3. The fraction of sp³-hybridized carbons (Fsp3) is 0.267. The van der Waals surface area contributed by atoms with Crippen molar-refractivity contribution in [3.8, 4) is 0 Å². The van der Waals surface area contributed by atoms with E-state index in [0.717, 1.165) is 0 Å². The van der Waals surface area contributed by atoms with Crippen molar-refractivity contribution in [3.63, 3.8) is 0 Å². The number of ketones is 1. The van der Waals surface area contributed by atoms with Crippen molar-refractivity contribution in [2.24, 2.45) is 5.41 Å². The SMILES string of the molecule is C=C(C(=O)[O-])C(CC)(CC(=O)c1ccccc1)C(=O)[O-]. The second-order valence-corrected chi connectivity index (χ2v) is 4.46. The van der Waals surface area contributed by atoms with E-state index < -0.39 is 35.1 Å². The number of hydrogen-bond acceptors (Lipinski definition) is 5. The highest BCUT2D eigenvalue weighted by Crippen LogP contribution is 2.35. The van der Waals surface area contributed by atoms with Crippen LogP contribution >= 0.6 is 0 Å². The molecule has 0 bridgehead atoms. The molecule has 0 saturated heterocycles. The third kappa shape index (κ3) is 2.93. The van der Waals surface area contributed by atoms with Crippen LogP contribution in [0.5, 0.6) is 0 Å². The Kier molecular flexibility index (Phi) is 4.80. The predicted molar refractivity (Wildman–Crippen MR) is 67.3 cm³/mol. The third-order valence-corrected chi connectivity index (χ3v) is 3.38. The molecular weight excluding hydrogens is 260 g/mol. The average molecular weight is 274 g/mol. The fourth-order valence-corrected chi connectivity index (χ4v) is 1.98. The van der Waals surface area contributed by atoms with Gasteiger partial charge in [-0.1, -0.05) is 43.8 Å². The van der Waals surface area contributed by atoms with Crippen LogP contribution in [-0.4, -0.2) is 17.7 Å². The molecule has 0 heterocycles. The van der Waals surface area contributed by atoms with E-state index in [0.29, 0.717) is 5.56 Å². The second-order valence-electron chi connectivity index (χ2n) is 4.46. The summed E-state index contributed by atoms with van der Waals surface area (Å²) in [6.07, 6.45) is -0.649. The van der Waals surface area contributed by atoms with Crippen LogP contribution in [0.25, 0.3) is 0 Å². The van der Waals surface area contributed by atoms with Gasteiger partial charge in [-0.2, -0.15) is 0 Å². The molecule has 0 spiro atoms. The zero-order valence-electron chi connectivity index (χ0n) is 11.0. The first kappa shape index (κ1) is 15.6. The summed E-state index contributed by atoms with van der Waals surface area (Å²) >= 11 is 0. The highest BCUT2D eigenvalue weighted by Gasteiger charge is 2.36. The van der Waals surface area contributed by atoms with Crippen LogP contribution in [0.15, 0.2) is 42.5 Å². The van der Waals surface area contributed by atoms with E-state index in [1.807, 2.05) is 0 Å². The molecule has 106 valence electrons. The first-order chi connectivity index (χ1) is 9.35. The lowest BCUT2D eigenvalue weighted by atomic mass is 9.73. The standard InChI is InChI=1S/C15H16O5/c1-3-15(14(19)20,10(2)13(17)18)9-12(16)11-7-5-4-6-8-11/h4-8H,2-3,9H2,1H3,(H,17,18)(H,19,20)/p-2. The lowest BCUT2D eigenvalue weighted by Crippen LogP contribution is -2.48. The number of aliphatic carboxylic acids is 2. The van der Waals surface area contributed by atoms with E-state index in [9.17, 15) is 24.6 Å². The van der Waals surface area contributed by atoms with Crippen LogP contribution in [0, 0.1) is 5.41 Å². The number of carbonyl (C=O) groups excluding carboxylic acids is 3. The highest BCUT2D eigenvalue weighted by molar-refractivity contribution is 6.02. The molecule has 0 saturated carbocycles. The van der Waals surface area contributed by atoms with Gasteiger partial charge in [0.05, 0.1) is 11.9 Å². The van der Waals surface area contributed by atoms with Crippen molar-refractivity contribution < 1.29 is 24.6 Å². The predicted octanol–water partition coefficient (Wildman–Crippen LogP) is -0.288. The van der Waals surface area contributed by atoms with Gasteiger partial charge in [0.1, 0.15) is 0 Å². The summed E-state index contributed by atoms with van der Waals surface area (Å²) in [5.74, 6) is -3.82. The zero-order valence-corrected chi connectivity index (χ0v) is 11.0. The molecule has 1 atom stereocenters. The molecule has 0 amide bonds. The third-order valence-electron chi connectivity index (χ3n) is 3.38. The minimum absolute atomic E-state index is 0.124. The van der Waals surface area contributed by atoms with Gasteiger partial charge in [0.15, 0.2) is 5.78 Å².